The van der Waals surface area contributed by atoms with E-state index in [0.29, 0.717) is 27.2 Å². The summed E-state index contributed by atoms with van der Waals surface area (Å²) in [6.07, 6.45) is 0. The van der Waals surface area contributed by atoms with E-state index in [9.17, 15) is 14.4 Å². The molecule has 0 fully saturated rings. The lowest BCUT2D eigenvalue weighted by Gasteiger charge is -2.09. The van der Waals surface area contributed by atoms with Crippen LogP contribution in [0.4, 0.5) is 5.69 Å². The van der Waals surface area contributed by atoms with Crippen LogP contribution in [0.2, 0.25) is 5.02 Å². The molecule has 0 saturated heterocycles. The first-order valence-corrected chi connectivity index (χ1v) is 8.15. The van der Waals surface area contributed by atoms with Gasteiger partial charge in [0, 0.05) is 11.1 Å². The highest BCUT2D eigenvalue weighted by atomic mass is 35.5. The van der Waals surface area contributed by atoms with Crippen molar-refractivity contribution in [2.75, 3.05) is 19.0 Å². The van der Waals surface area contributed by atoms with Crippen molar-refractivity contribution in [3.05, 3.63) is 63.5 Å². The van der Waals surface area contributed by atoms with Crippen LogP contribution in [0.5, 0.6) is 5.75 Å². The average molecular weight is 388 g/mol. The van der Waals surface area contributed by atoms with Crippen molar-refractivity contribution in [3.63, 3.8) is 0 Å². The van der Waals surface area contributed by atoms with Crippen molar-refractivity contribution < 1.29 is 19.1 Å². The summed E-state index contributed by atoms with van der Waals surface area (Å²) >= 11 is 5.99. The highest BCUT2D eigenvalue weighted by molar-refractivity contribution is 6.32. The molecular formula is C18H14ClN3O5. The van der Waals surface area contributed by atoms with Crippen molar-refractivity contribution in [2.45, 2.75) is 0 Å². The first kappa shape index (κ1) is 18.4. The van der Waals surface area contributed by atoms with Gasteiger partial charge in [0.2, 0.25) is 0 Å². The van der Waals surface area contributed by atoms with E-state index in [1.54, 1.807) is 36.4 Å². The van der Waals surface area contributed by atoms with E-state index in [-0.39, 0.29) is 5.69 Å². The molecule has 1 heterocycles. The number of nitrogens with one attached hydrogen (secondary N) is 2. The zero-order chi connectivity index (χ0) is 19.4. The van der Waals surface area contributed by atoms with Crippen molar-refractivity contribution in [1.82, 2.24) is 10.2 Å². The van der Waals surface area contributed by atoms with Gasteiger partial charge in [-0.2, -0.15) is 5.10 Å². The fraction of sp³-hybridized carbons (Fsp3) is 0.111. The molecule has 0 atom stereocenters. The van der Waals surface area contributed by atoms with Crippen LogP contribution in [-0.2, 0) is 9.53 Å². The quantitative estimate of drug-likeness (QED) is 0.650. The number of aromatic amines is 1. The third-order valence-electron chi connectivity index (χ3n) is 3.66. The number of carbonyl (C=O) groups excluding carboxylic acids is 2. The molecule has 2 aromatic carbocycles. The molecule has 0 radical (unpaired) electrons. The molecule has 0 aliphatic heterocycles. The fourth-order valence-corrected chi connectivity index (χ4v) is 2.67. The molecule has 0 spiro atoms. The lowest BCUT2D eigenvalue weighted by atomic mass is 10.1. The number of aromatic nitrogens is 2. The minimum Gasteiger partial charge on any atom is -0.495 e. The molecule has 0 saturated carbocycles. The Labute approximate surface area is 158 Å². The summed E-state index contributed by atoms with van der Waals surface area (Å²) in [5.41, 5.74) is -0.0729. The van der Waals surface area contributed by atoms with Crippen LogP contribution in [0.25, 0.3) is 10.8 Å². The van der Waals surface area contributed by atoms with Gasteiger partial charge in [-0.1, -0.05) is 29.8 Å². The van der Waals surface area contributed by atoms with Crippen LogP contribution >= 0.6 is 11.6 Å². The summed E-state index contributed by atoms with van der Waals surface area (Å²) in [6.45, 7) is -0.530. The molecule has 9 heteroatoms. The Morgan fingerprint density at radius 3 is 2.63 bits per heavy atom. The van der Waals surface area contributed by atoms with E-state index < -0.39 is 24.0 Å². The number of esters is 1. The van der Waals surface area contributed by atoms with Gasteiger partial charge >= 0.3 is 5.97 Å². The van der Waals surface area contributed by atoms with Gasteiger partial charge in [-0.05, 0) is 24.3 Å². The predicted molar refractivity (Wildman–Crippen MR) is 99.3 cm³/mol. The Kier molecular flexibility index (Phi) is 5.37. The van der Waals surface area contributed by atoms with Gasteiger partial charge in [-0.3, -0.25) is 9.59 Å². The van der Waals surface area contributed by atoms with Gasteiger partial charge in [0.15, 0.2) is 12.3 Å². The largest absolute Gasteiger partial charge is 0.495 e. The first-order chi connectivity index (χ1) is 13.0. The molecule has 138 valence electrons. The second kappa shape index (κ2) is 7.88. The number of nitrogens with zero attached hydrogens (tertiary/aromatic N) is 1. The van der Waals surface area contributed by atoms with Crippen LogP contribution in [0.1, 0.15) is 10.5 Å². The Balaban J connectivity index is 1.67. The second-order valence-electron chi connectivity index (χ2n) is 5.42. The van der Waals surface area contributed by atoms with E-state index in [1.165, 1.54) is 13.2 Å². The summed E-state index contributed by atoms with van der Waals surface area (Å²) in [6, 6.07) is 11.2. The monoisotopic (exact) mass is 387 g/mol. The Morgan fingerprint density at radius 1 is 1.19 bits per heavy atom. The fourth-order valence-electron chi connectivity index (χ4n) is 2.41. The maximum absolute atomic E-state index is 12.2. The number of methoxy groups -OCH3 is 1. The number of hydrogen-bond acceptors (Lipinski definition) is 6. The molecule has 1 aromatic heterocycles. The van der Waals surface area contributed by atoms with Gasteiger partial charge in [0.1, 0.15) is 5.75 Å². The highest BCUT2D eigenvalue weighted by Crippen LogP contribution is 2.27. The molecule has 1 amide bonds. The third-order valence-corrected chi connectivity index (χ3v) is 3.95. The molecule has 0 aliphatic rings. The van der Waals surface area contributed by atoms with Crippen LogP contribution in [0, 0.1) is 0 Å². The van der Waals surface area contributed by atoms with Gasteiger partial charge in [-0.25, -0.2) is 9.89 Å². The van der Waals surface area contributed by atoms with Gasteiger partial charge in [0.25, 0.3) is 11.5 Å². The van der Waals surface area contributed by atoms with Crippen LogP contribution in [0.15, 0.2) is 47.3 Å². The van der Waals surface area contributed by atoms with Crippen molar-refractivity contribution in [2.24, 2.45) is 0 Å². The smallest absolute Gasteiger partial charge is 0.359 e. The molecule has 0 aliphatic carbocycles. The van der Waals surface area contributed by atoms with E-state index in [2.05, 4.69) is 15.5 Å². The van der Waals surface area contributed by atoms with Gasteiger partial charge < -0.3 is 14.8 Å². The van der Waals surface area contributed by atoms with E-state index in [4.69, 9.17) is 21.1 Å². The lowest BCUT2D eigenvalue weighted by Crippen LogP contribution is -2.22. The summed E-state index contributed by atoms with van der Waals surface area (Å²) < 4.78 is 10.0. The van der Waals surface area contributed by atoms with E-state index in [0.717, 1.165) is 0 Å². The number of rotatable bonds is 5. The summed E-state index contributed by atoms with van der Waals surface area (Å²) in [7, 11) is 1.48. The average Bonchev–Trinajstić information content (AvgIpc) is 2.67. The number of ether oxygens (including phenoxy) is 2. The highest BCUT2D eigenvalue weighted by Gasteiger charge is 2.17. The topological polar surface area (TPSA) is 110 Å². The maximum Gasteiger partial charge on any atom is 0.359 e. The molecule has 8 nitrogen and oxygen atoms in total. The number of hydrogen-bond donors (Lipinski definition) is 2. The van der Waals surface area contributed by atoms with E-state index in [1.807, 2.05) is 0 Å². The first-order valence-electron chi connectivity index (χ1n) is 7.77. The number of anilines is 1. The second-order valence-corrected chi connectivity index (χ2v) is 5.83. The Morgan fingerprint density at radius 2 is 1.93 bits per heavy atom. The molecule has 27 heavy (non-hydrogen) atoms. The minimum atomic E-state index is -0.828. The number of benzene rings is 2. The summed E-state index contributed by atoms with van der Waals surface area (Å²) in [5, 5.41) is 9.49. The molecule has 2 N–H and O–H groups in total. The molecule has 3 aromatic rings. The lowest BCUT2D eigenvalue weighted by molar-refractivity contribution is -0.119. The maximum atomic E-state index is 12.2. The number of carbonyl (C=O) groups is 2. The molecule has 0 bridgehead atoms. The zero-order valence-corrected chi connectivity index (χ0v) is 14.9. The van der Waals surface area contributed by atoms with Crippen LogP contribution in [0.3, 0.4) is 0 Å². The predicted octanol–water partition coefficient (Wildman–Crippen LogP) is 2.38. The number of fused-ring (bicyclic) bond motifs is 1. The standard InChI is InChI=1S/C18H14ClN3O5/c1-26-14-7-6-10(8-13(14)19)20-15(23)9-27-18(25)16-11-4-2-3-5-12(11)17(24)22-21-16/h2-8H,9H2,1H3,(H,20,23)(H,22,24). The zero-order valence-electron chi connectivity index (χ0n) is 14.1. The van der Waals surface area contributed by atoms with Crippen molar-refractivity contribution >= 4 is 39.9 Å². The molecule has 3 rings (SSSR count). The van der Waals surface area contributed by atoms with Crippen molar-refractivity contribution in [3.8, 4) is 5.75 Å². The molecule has 0 unspecified atom stereocenters. The number of amides is 1. The number of H-pyrrole nitrogens is 1. The summed E-state index contributed by atoms with van der Waals surface area (Å²) in [5.74, 6) is -0.916. The number of halogens is 1. The van der Waals surface area contributed by atoms with Gasteiger partial charge in [-0.15, -0.1) is 0 Å². The van der Waals surface area contributed by atoms with Gasteiger partial charge in [0.05, 0.1) is 17.5 Å². The summed E-state index contributed by atoms with van der Waals surface area (Å²) in [4.78, 5) is 36.0. The molecular weight excluding hydrogens is 374 g/mol. The van der Waals surface area contributed by atoms with Crippen LogP contribution in [-0.4, -0.2) is 35.8 Å². The Bertz CT molecular complexity index is 1080. The Hall–Kier alpha value is -3.39. The van der Waals surface area contributed by atoms with E-state index >= 15 is 0 Å². The third kappa shape index (κ3) is 4.06. The normalized spacial score (nSPS) is 10.4. The van der Waals surface area contributed by atoms with Crippen LogP contribution < -0.4 is 15.6 Å². The van der Waals surface area contributed by atoms with Crippen molar-refractivity contribution in [1.29, 1.82) is 0 Å². The SMILES string of the molecule is COc1ccc(NC(=O)COC(=O)c2n[nH]c(=O)c3ccccc23)cc1Cl. The minimum absolute atomic E-state index is 0.0782.